The summed E-state index contributed by atoms with van der Waals surface area (Å²) in [6.07, 6.45) is 52.1. The van der Waals surface area contributed by atoms with E-state index in [-0.39, 0.29) is 25.8 Å². The summed E-state index contributed by atoms with van der Waals surface area (Å²) in [4.78, 5) is 25.1. The fraction of sp³-hybridized carbons (Fsp3) is 0.729. The molecule has 0 spiro atoms. The molecule has 0 aliphatic carbocycles. The number of allylic oxidation sites excluding steroid dienone is 12. The van der Waals surface area contributed by atoms with Crippen LogP contribution < -0.4 is 4.89 Å². The average molecular weight is 820 g/mol. The number of hydrogen-bond acceptors (Lipinski definition) is 7. The van der Waals surface area contributed by atoms with Gasteiger partial charge in [-0.25, -0.2) is 0 Å². The molecule has 0 aromatic heterocycles. The fourth-order valence-electron chi connectivity index (χ4n) is 5.74. The highest BCUT2D eigenvalue weighted by molar-refractivity contribution is 7.45. The summed E-state index contributed by atoms with van der Waals surface area (Å²) in [6, 6.07) is 0. The minimum atomic E-state index is -4.54. The van der Waals surface area contributed by atoms with Gasteiger partial charge in [0, 0.05) is 13.0 Å². The fourth-order valence-corrected chi connectivity index (χ4v) is 6.47. The molecule has 2 atom stereocenters. The molecule has 0 aromatic carbocycles. The van der Waals surface area contributed by atoms with E-state index >= 15 is 0 Å². The van der Waals surface area contributed by atoms with Gasteiger partial charge >= 0.3 is 5.97 Å². The SMILES string of the molecule is CC/C=C\C/C=C\C/C=C\C/C=C\C/C=C\CCCCOCC(COP(=O)([O-])OCC[N+](C)(C)C)OC(=O)CCCCCCCCC/C=C\CCCCCCCC. The topological polar surface area (TPSA) is 94.1 Å². The summed E-state index contributed by atoms with van der Waals surface area (Å²) in [5.41, 5.74) is 0. The van der Waals surface area contributed by atoms with Crippen LogP contribution in [0.15, 0.2) is 72.9 Å². The van der Waals surface area contributed by atoms with Crippen LogP contribution in [0.1, 0.15) is 168 Å². The highest BCUT2D eigenvalue weighted by atomic mass is 31.2. The highest BCUT2D eigenvalue weighted by Gasteiger charge is 2.20. The molecule has 0 bridgehead atoms. The third-order valence-corrected chi connectivity index (χ3v) is 10.2. The third-order valence-electron chi connectivity index (χ3n) is 9.24. The summed E-state index contributed by atoms with van der Waals surface area (Å²) in [7, 11) is 1.31. The summed E-state index contributed by atoms with van der Waals surface area (Å²) >= 11 is 0. The van der Waals surface area contributed by atoms with Crippen molar-refractivity contribution in [2.24, 2.45) is 0 Å². The second-order valence-electron chi connectivity index (χ2n) is 16.0. The highest BCUT2D eigenvalue weighted by Crippen LogP contribution is 2.38. The molecule has 2 unspecified atom stereocenters. The first-order chi connectivity index (χ1) is 27.6. The second kappa shape index (κ2) is 40.7. The van der Waals surface area contributed by atoms with Crippen molar-refractivity contribution in [2.45, 2.75) is 174 Å². The van der Waals surface area contributed by atoms with Gasteiger partial charge in [0.25, 0.3) is 7.82 Å². The Labute approximate surface area is 351 Å². The second-order valence-corrected chi connectivity index (χ2v) is 17.4. The van der Waals surface area contributed by atoms with E-state index in [2.05, 4.69) is 86.8 Å². The van der Waals surface area contributed by atoms with Gasteiger partial charge in [0.1, 0.15) is 19.3 Å². The number of rotatable bonds is 41. The van der Waals surface area contributed by atoms with E-state index in [1.54, 1.807) is 0 Å². The number of phosphoric acid groups is 1. The summed E-state index contributed by atoms with van der Waals surface area (Å²) < 4.78 is 34.6. The maximum Gasteiger partial charge on any atom is 0.306 e. The number of phosphoric ester groups is 1. The Balaban J connectivity index is 4.32. The molecule has 0 aliphatic heterocycles. The van der Waals surface area contributed by atoms with Crippen molar-refractivity contribution in [3.05, 3.63) is 72.9 Å². The van der Waals surface area contributed by atoms with Crippen molar-refractivity contribution in [1.82, 2.24) is 0 Å². The lowest BCUT2D eigenvalue weighted by molar-refractivity contribution is -0.870. The lowest BCUT2D eigenvalue weighted by Gasteiger charge is -2.28. The zero-order chi connectivity index (χ0) is 42.0. The first-order valence-corrected chi connectivity index (χ1v) is 24.1. The van der Waals surface area contributed by atoms with E-state index in [0.29, 0.717) is 24.1 Å². The molecule has 9 heteroatoms. The molecule has 0 heterocycles. The first kappa shape index (κ1) is 54.9. The minimum absolute atomic E-state index is 0.0134. The number of likely N-dealkylation sites (N-methyl/N-ethyl adjacent to an activating group) is 1. The van der Waals surface area contributed by atoms with E-state index in [0.717, 1.165) is 70.6 Å². The van der Waals surface area contributed by atoms with Gasteiger partial charge in [0.05, 0.1) is 34.4 Å². The van der Waals surface area contributed by atoms with Crippen LogP contribution in [0.4, 0.5) is 0 Å². The smallest absolute Gasteiger partial charge is 0.306 e. The Hall–Kier alpha value is -2.06. The molecule has 0 saturated heterocycles. The summed E-state index contributed by atoms with van der Waals surface area (Å²) in [5.74, 6) is -0.356. The van der Waals surface area contributed by atoms with Gasteiger partial charge in [0.2, 0.25) is 0 Å². The molecular weight excluding hydrogens is 734 g/mol. The maximum absolute atomic E-state index is 12.7. The molecule has 0 saturated carbocycles. The van der Waals surface area contributed by atoms with Crippen molar-refractivity contribution in [3.8, 4) is 0 Å². The Kier molecular flexibility index (Phi) is 39.2. The number of esters is 1. The van der Waals surface area contributed by atoms with Gasteiger partial charge in [-0.05, 0) is 83.5 Å². The predicted molar refractivity (Wildman–Crippen MR) is 240 cm³/mol. The number of nitrogens with zero attached hydrogens (tertiary/aromatic N) is 1. The lowest BCUT2D eigenvalue weighted by atomic mass is 10.1. The van der Waals surface area contributed by atoms with Crippen molar-refractivity contribution >= 4 is 13.8 Å². The molecule has 0 aliphatic rings. The molecule has 0 N–H and O–H groups in total. The molecule has 0 rings (SSSR count). The van der Waals surface area contributed by atoms with Crippen LogP contribution >= 0.6 is 7.82 Å². The van der Waals surface area contributed by atoms with E-state index < -0.39 is 13.9 Å². The van der Waals surface area contributed by atoms with E-state index in [1.807, 2.05) is 21.1 Å². The number of carbonyl (C=O) groups excluding carboxylic acids is 1. The molecular formula is C48H86NO7P. The van der Waals surface area contributed by atoms with Crippen LogP contribution in [-0.4, -0.2) is 70.7 Å². The van der Waals surface area contributed by atoms with E-state index in [4.69, 9.17) is 18.5 Å². The number of quaternary nitrogens is 1. The molecule has 57 heavy (non-hydrogen) atoms. The predicted octanol–water partition coefficient (Wildman–Crippen LogP) is 12.9. The molecule has 0 fully saturated rings. The van der Waals surface area contributed by atoms with Crippen LogP contribution in [0.25, 0.3) is 0 Å². The van der Waals surface area contributed by atoms with Gasteiger partial charge in [-0.3, -0.25) is 9.36 Å². The zero-order valence-corrected chi connectivity index (χ0v) is 38.2. The van der Waals surface area contributed by atoms with Crippen molar-refractivity contribution in [3.63, 3.8) is 0 Å². The van der Waals surface area contributed by atoms with Gasteiger partial charge < -0.3 is 27.9 Å². The molecule has 330 valence electrons. The van der Waals surface area contributed by atoms with Gasteiger partial charge in [-0.1, -0.05) is 151 Å². The van der Waals surface area contributed by atoms with E-state index in [1.165, 1.54) is 77.0 Å². The van der Waals surface area contributed by atoms with Crippen LogP contribution in [0, 0.1) is 0 Å². The van der Waals surface area contributed by atoms with Crippen LogP contribution in [-0.2, 0) is 27.9 Å². The monoisotopic (exact) mass is 820 g/mol. The molecule has 0 radical (unpaired) electrons. The summed E-state index contributed by atoms with van der Waals surface area (Å²) in [5, 5.41) is 0. The standard InChI is InChI=1S/C48H86NO7P/c1-6-8-10-12-14-16-18-20-22-24-26-28-30-32-34-36-38-40-43-53-45-47(46-55-57(51,52)54-44-42-49(3,4)5)56-48(50)41-39-37-35-33-31-29-27-25-23-21-19-17-15-13-11-9-7-2/h8,10,14,16,20-23,26,28,32,34,47H,6-7,9,11-13,15,17-19,24-25,27,29-31,33,35-46H2,1-5H3/b10-8-,16-14-,22-20-,23-21-,28-26-,34-32-. The Morgan fingerprint density at radius 3 is 1.54 bits per heavy atom. The molecule has 8 nitrogen and oxygen atoms in total. The first-order valence-electron chi connectivity index (χ1n) is 22.7. The normalized spacial score (nSPS) is 14.4. The number of ether oxygens (including phenoxy) is 2. The van der Waals surface area contributed by atoms with Crippen LogP contribution in [0.2, 0.25) is 0 Å². The van der Waals surface area contributed by atoms with Crippen LogP contribution in [0.5, 0.6) is 0 Å². The number of unbranched alkanes of at least 4 members (excludes halogenated alkanes) is 15. The van der Waals surface area contributed by atoms with Gasteiger partial charge in [-0.2, -0.15) is 0 Å². The van der Waals surface area contributed by atoms with Crippen molar-refractivity contribution in [2.75, 3.05) is 54.1 Å². The largest absolute Gasteiger partial charge is 0.756 e. The van der Waals surface area contributed by atoms with Crippen LogP contribution in [0.3, 0.4) is 0 Å². The zero-order valence-electron chi connectivity index (χ0n) is 37.3. The van der Waals surface area contributed by atoms with E-state index in [9.17, 15) is 14.3 Å². The average Bonchev–Trinajstić information content (AvgIpc) is 3.16. The third kappa shape index (κ3) is 44.9. The molecule has 0 aromatic rings. The number of carbonyl (C=O) groups is 1. The quantitative estimate of drug-likeness (QED) is 0.0199. The van der Waals surface area contributed by atoms with Crippen molar-refractivity contribution in [1.29, 1.82) is 0 Å². The Morgan fingerprint density at radius 2 is 1.02 bits per heavy atom. The molecule has 0 amide bonds. The minimum Gasteiger partial charge on any atom is -0.756 e. The number of hydrogen-bond donors (Lipinski definition) is 0. The maximum atomic E-state index is 12.7. The lowest BCUT2D eigenvalue weighted by Crippen LogP contribution is -2.37. The Bertz CT molecular complexity index is 1140. The Morgan fingerprint density at radius 1 is 0.561 bits per heavy atom. The van der Waals surface area contributed by atoms with Gasteiger partial charge in [-0.15, -0.1) is 0 Å². The van der Waals surface area contributed by atoms with Crippen molar-refractivity contribution < 1.29 is 37.3 Å². The summed E-state index contributed by atoms with van der Waals surface area (Å²) in [6.45, 7) is 5.16. The van der Waals surface area contributed by atoms with Gasteiger partial charge in [0.15, 0.2) is 0 Å².